The SMILES string of the molecule is CCCN1CCN(Cc2ccc(F)cc2N)CC1. The molecule has 0 atom stereocenters. The predicted molar refractivity (Wildman–Crippen MR) is 72.8 cm³/mol. The van der Waals surface area contributed by atoms with Crippen molar-refractivity contribution in [2.45, 2.75) is 19.9 Å². The second-order valence-electron chi connectivity index (χ2n) is 4.96. The maximum atomic E-state index is 13.0. The molecule has 0 aromatic heterocycles. The number of halogens is 1. The zero-order valence-corrected chi connectivity index (χ0v) is 11.0. The van der Waals surface area contributed by atoms with Gasteiger partial charge in [0.25, 0.3) is 0 Å². The van der Waals surface area contributed by atoms with E-state index in [0.717, 1.165) is 38.3 Å². The molecule has 1 aliphatic heterocycles. The summed E-state index contributed by atoms with van der Waals surface area (Å²) in [5.41, 5.74) is 7.43. The van der Waals surface area contributed by atoms with E-state index >= 15 is 0 Å². The Hall–Kier alpha value is -1.13. The highest BCUT2D eigenvalue weighted by Crippen LogP contribution is 2.16. The lowest BCUT2D eigenvalue weighted by atomic mass is 10.1. The maximum absolute atomic E-state index is 13.0. The van der Waals surface area contributed by atoms with E-state index in [4.69, 9.17) is 5.73 Å². The molecule has 18 heavy (non-hydrogen) atoms. The Balaban J connectivity index is 1.87. The molecule has 1 saturated heterocycles. The first-order chi connectivity index (χ1) is 8.69. The molecular weight excluding hydrogens is 229 g/mol. The number of benzene rings is 1. The largest absolute Gasteiger partial charge is 0.398 e. The number of piperazine rings is 1. The molecule has 0 aliphatic carbocycles. The van der Waals surface area contributed by atoms with Gasteiger partial charge in [0, 0.05) is 38.4 Å². The summed E-state index contributed by atoms with van der Waals surface area (Å²) in [6, 6.07) is 4.69. The van der Waals surface area contributed by atoms with Crippen molar-refractivity contribution in [1.29, 1.82) is 0 Å². The average molecular weight is 251 g/mol. The molecule has 1 heterocycles. The van der Waals surface area contributed by atoms with Crippen molar-refractivity contribution in [2.75, 3.05) is 38.5 Å². The topological polar surface area (TPSA) is 32.5 Å². The summed E-state index contributed by atoms with van der Waals surface area (Å²) >= 11 is 0. The Morgan fingerprint density at radius 3 is 2.44 bits per heavy atom. The second kappa shape index (κ2) is 6.16. The number of nitrogens with zero attached hydrogens (tertiary/aromatic N) is 2. The van der Waals surface area contributed by atoms with Gasteiger partial charge < -0.3 is 10.6 Å². The molecule has 0 spiro atoms. The standard InChI is InChI=1S/C14H22FN3/c1-2-5-17-6-8-18(9-7-17)11-12-3-4-13(15)10-14(12)16/h3-4,10H,2,5-9,11,16H2,1H3. The fraction of sp³-hybridized carbons (Fsp3) is 0.571. The lowest BCUT2D eigenvalue weighted by molar-refractivity contribution is 0.127. The second-order valence-corrected chi connectivity index (χ2v) is 4.96. The van der Waals surface area contributed by atoms with Crippen LogP contribution < -0.4 is 5.73 Å². The zero-order valence-electron chi connectivity index (χ0n) is 11.0. The number of hydrogen-bond acceptors (Lipinski definition) is 3. The molecule has 1 aliphatic rings. The van der Waals surface area contributed by atoms with E-state index < -0.39 is 0 Å². The molecule has 3 nitrogen and oxygen atoms in total. The highest BCUT2D eigenvalue weighted by Gasteiger charge is 2.16. The minimum absolute atomic E-state index is 0.260. The zero-order chi connectivity index (χ0) is 13.0. The van der Waals surface area contributed by atoms with E-state index in [1.807, 2.05) is 0 Å². The molecule has 4 heteroatoms. The molecule has 0 radical (unpaired) electrons. The van der Waals surface area contributed by atoms with Gasteiger partial charge >= 0.3 is 0 Å². The van der Waals surface area contributed by atoms with Crippen LogP contribution in [0.4, 0.5) is 10.1 Å². The van der Waals surface area contributed by atoms with Gasteiger partial charge in [0.2, 0.25) is 0 Å². The highest BCUT2D eigenvalue weighted by atomic mass is 19.1. The first-order valence-electron chi connectivity index (χ1n) is 6.67. The fourth-order valence-electron chi connectivity index (χ4n) is 2.44. The Bertz CT molecular complexity index is 387. The van der Waals surface area contributed by atoms with Crippen LogP contribution in [0.15, 0.2) is 18.2 Å². The van der Waals surface area contributed by atoms with E-state index in [-0.39, 0.29) is 5.82 Å². The van der Waals surface area contributed by atoms with Gasteiger partial charge in [-0.2, -0.15) is 0 Å². The molecule has 0 amide bonds. The maximum Gasteiger partial charge on any atom is 0.125 e. The highest BCUT2D eigenvalue weighted by molar-refractivity contribution is 5.46. The van der Waals surface area contributed by atoms with Crippen LogP contribution in [0.25, 0.3) is 0 Å². The molecule has 1 aromatic carbocycles. The third-order valence-electron chi connectivity index (χ3n) is 3.51. The van der Waals surface area contributed by atoms with Crippen LogP contribution in [0.1, 0.15) is 18.9 Å². The molecule has 1 fully saturated rings. The first-order valence-corrected chi connectivity index (χ1v) is 6.67. The average Bonchev–Trinajstić information content (AvgIpc) is 2.35. The number of hydrogen-bond donors (Lipinski definition) is 1. The summed E-state index contributed by atoms with van der Waals surface area (Å²) in [5.74, 6) is -0.260. The van der Waals surface area contributed by atoms with E-state index in [1.165, 1.54) is 25.1 Å². The van der Waals surface area contributed by atoms with Crippen LogP contribution in [0, 0.1) is 5.82 Å². The van der Waals surface area contributed by atoms with Gasteiger partial charge in [-0.15, -0.1) is 0 Å². The number of nitrogen functional groups attached to an aromatic ring is 1. The molecule has 0 bridgehead atoms. The molecule has 2 N–H and O–H groups in total. The van der Waals surface area contributed by atoms with Crippen LogP contribution in [-0.2, 0) is 6.54 Å². The van der Waals surface area contributed by atoms with Crippen molar-refractivity contribution < 1.29 is 4.39 Å². The third kappa shape index (κ3) is 3.43. The lowest BCUT2D eigenvalue weighted by Gasteiger charge is -2.34. The van der Waals surface area contributed by atoms with Gasteiger partial charge in [0.05, 0.1) is 0 Å². The molecule has 100 valence electrons. The van der Waals surface area contributed by atoms with Gasteiger partial charge in [0.1, 0.15) is 5.82 Å². The van der Waals surface area contributed by atoms with E-state index in [9.17, 15) is 4.39 Å². The van der Waals surface area contributed by atoms with Crippen LogP contribution >= 0.6 is 0 Å². The van der Waals surface area contributed by atoms with Crippen molar-refractivity contribution >= 4 is 5.69 Å². The summed E-state index contributed by atoms with van der Waals surface area (Å²) in [4.78, 5) is 4.88. The summed E-state index contributed by atoms with van der Waals surface area (Å²) in [5, 5.41) is 0. The van der Waals surface area contributed by atoms with E-state index in [0.29, 0.717) is 5.69 Å². The van der Waals surface area contributed by atoms with Gasteiger partial charge in [-0.1, -0.05) is 13.0 Å². The van der Waals surface area contributed by atoms with Crippen molar-refractivity contribution in [3.8, 4) is 0 Å². The van der Waals surface area contributed by atoms with E-state index in [1.54, 1.807) is 6.07 Å². The molecular formula is C14H22FN3. The summed E-state index contributed by atoms with van der Waals surface area (Å²) in [7, 11) is 0. The van der Waals surface area contributed by atoms with Crippen molar-refractivity contribution in [2.24, 2.45) is 0 Å². The third-order valence-corrected chi connectivity index (χ3v) is 3.51. The Kier molecular flexibility index (Phi) is 4.55. The monoisotopic (exact) mass is 251 g/mol. The molecule has 0 saturated carbocycles. The molecule has 0 unspecified atom stereocenters. The van der Waals surface area contributed by atoms with Crippen molar-refractivity contribution in [3.05, 3.63) is 29.6 Å². The van der Waals surface area contributed by atoms with Crippen molar-refractivity contribution in [3.63, 3.8) is 0 Å². The van der Waals surface area contributed by atoms with Crippen molar-refractivity contribution in [1.82, 2.24) is 9.80 Å². The Morgan fingerprint density at radius 2 is 1.83 bits per heavy atom. The molecule has 1 aromatic rings. The Labute approximate surface area is 108 Å². The van der Waals surface area contributed by atoms with Gasteiger partial charge in [-0.25, -0.2) is 4.39 Å². The normalized spacial score (nSPS) is 18.1. The summed E-state index contributed by atoms with van der Waals surface area (Å²) in [6.45, 7) is 8.60. The first kappa shape index (κ1) is 13.3. The van der Waals surface area contributed by atoms with Gasteiger partial charge in [-0.05, 0) is 30.7 Å². The quantitative estimate of drug-likeness (QED) is 0.830. The van der Waals surface area contributed by atoms with Crippen LogP contribution in [0.5, 0.6) is 0 Å². The van der Waals surface area contributed by atoms with Gasteiger partial charge in [0.15, 0.2) is 0 Å². The lowest BCUT2D eigenvalue weighted by Crippen LogP contribution is -2.46. The smallest absolute Gasteiger partial charge is 0.125 e. The summed E-state index contributed by atoms with van der Waals surface area (Å²) in [6.07, 6.45) is 1.21. The van der Waals surface area contributed by atoms with Crippen LogP contribution in [0.3, 0.4) is 0 Å². The Morgan fingerprint density at radius 1 is 1.17 bits per heavy atom. The van der Waals surface area contributed by atoms with E-state index in [2.05, 4.69) is 16.7 Å². The predicted octanol–water partition coefficient (Wildman–Crippen LogP) is 1.94. The fourth-order valence-corrected chi connectivity index (χ4v) is 2.44. The van der Waals surface area contributed by atoms with Gasteiger partial charge in [-0.3, -0.25) is 4.90 Å². The van der Waals surface area contributed by atoms with Crippen LogP contribution in [-0.4, -0.2) is 42.5 Å². The number of nitrogens with two attached hydrogens (primary N) is 1. The van der Waals surface area contributed by atoms with Crippen LogP contribution in [0.2, 0.25) is 0 Å². The number of rotatable bonds is 4. The minimum Gasteiger partial charge on any atom is -0.398 e. The summed E-state index contributed by atoms with van der Waals surface area (Å²) < 4.78 is 13.0. The minimum atomic E-state index is -0.260. The number of anilines is 1. The molecule has 2 rings (SSSR count).